The summed E-state index contributed by atoms with van der Waals surface area (Å²) in [5.74, 6) is 5.37. The summed E-state index contributed by atoms with van der Waals surface area (Å²) >= 11 is 9.19. The fourth-order valence-electron chi connectivity index (χ4n) is 0. The summed E-state index contributed by atoms with van der Waals surface area (Å²) in [6.07, 6.45) is 0. The quantitative estimate of drug-likeness (QED) is 0.101. The third kappa shape index (κ3) is 5.37. The molecule has 0 bridgehead atoms. The van der Waals surface area contributed by atoms with E-state index < -0.39 is 0 Å². The molecule has 0 aliphatic heterocycles. The van der Waals surface area contributed by atoms with E-state index in [1.165, 1.54) is 0 Å². The van der Waals surface area contributed by atoms with Crippen molar-refractivity contribution < 1.29 is 34.1 Å². The van der Waals surface area contributed by atoms with E-state index in [0.29, 0.717) is 4.32 Å². The fraction of sp³-hybridized carbons (Fsp3) is 0.667. The Morgan fingerprint density at radius 1 is 1.62 bits per heavy atom. The predicted molar refractivity (Wildman–Crippen MR) is 36.3 cm³/mol. The van der Waals surface area contributed by atoms with Gasteiger partial charge < -0.3 is 24.8 Å². The molecule has 0 saturated carbocycles. The summed E-state index contributed by atoms with van der Waals surface area (Å²) in [5, 5.41) is 0. The first kappa shape index (κ1) is 12.0. The Hall–Kier alpha value is 1.23. The minimum atomic E-state index is 0. The van der Waals surface area contributed by atoms with Crippen molar-refractivity contribution in [3.05, 3.63) is 0 Å². The van der Waals surface area contributed by atoms with Crippen molar-refractivity contribution in [2.75, 3.05) is 14.1 Å². The van der Waals surface area contributed by atoms with Crippen molar-refractivity contribution in [1.82, 2.24) is 0 Å². The fourth-order valence-corrected chi connectivity index (χ4v) is 0. The van der Waals surface area contributed by atoms with Crippen LogP contribution in [0, 0.1) is 0 Å². The molecule has 42 valence electrons. The monoisotopic (exact) mass is 159 g/mol. The van der Waals surface area contributed by atoms with Gasteiger partial charge in [0.2, 0.25) is 0 Å². The van der Waals surface area contributed by atoms with E-state index in [4.69, 9.17) is 5.84 Å². The van der Waals surface area contributed by atoms with Gasteiger partial charge in [0, 0.05) is 0 Å². The maximum Gasteiger partial charge on any atom is 1.00 e. The van der Waals surface area contributed by atoms with Crippen LogP contribution < -0.4 is 35.4 Å². The molecule has 2 nitrogen and oxygen atoms in total. The molecule has 0 atom stereocenters. The standard InChI is InChI=1S/C3H8N2S2.Na/c1-5(2,4)3(6)7;/h4H2,1-2H3;/q;+1. The smallest absolute Gasteiger partial charge is 0.368 e. The zero-order chi connectivity index (χ0) is 6.08. The van der Waals surface area contributed by atoms with Crippen molar-refractivity contribution in [3.63, 3.8) is 0 Å². The molecule has 0 aromatic rings. The summed E-state index contributed by atoms with van der Waals surface area (Å²) in [5.41, 5.74) is 0. The summed E-state index contributed by atoms with van der Waals surface area (Å²) in [7, 11) is 3.46. The number of rotatable bonds is 0. The predicted octanol–water partition coefficient (Wildman–Crippen LogP) is -3.23. The van der Waals surface area contributed by atoms with E-state index in [1.807, 2.05) is 0 Å². The third-order valence-electron chi connectivity index (χ3n) is 0.471. The number of nitrogens with two attached hydrogens (primary N) is 1. The second-order valence-corrected chi connectivity index (χ2v) is 2.84. The van der Waals surface area contributed by atoms with Crippen LogP contribution in [0.25, 0.3) is 0 Å². The summed E-state index contributed by atoms with van der Waals surface area (Å²) < 4.78 is 0.477. The number of hydrogen-bond donors (Lipinski definition) is 1. The Balaban J connectivity index is 0. The summed E-state index contributed by atoms with van der Waals surface area (Å²) in [6, 6.07) is 0. The SMILES string of the molecule is C[N+](C)(N)C(=S)[S-].[Na+]. The first-order valence-corrected chi connectivity index (χ1v) is 2.60. The van der Waals surface area contributed by atoms with Gasteiger partial charge in [-0.05, 0) is 0 Å². The van der Waals surface area contributed by atoms with Gasteiger partial charge in [-0.3, -0.25) is 0 Å². The third-order valence-corrected chi connectivity index (χ3v) is 1.41. The van der Waals surface area contributed by atoms with Gasteiger partial charge in [-0.15, -0.1) is 0 Å². The van der Waals surface area contributed by atoms with E-state index in [2.05, 4.69) is 24.8 Å². The molecular formula is C3H8N2NaS2+. The van der Waals surface area contributed by atoms with E-state index >= 15 is 0 Å². The molecule has 0 spiro atoms. The number of quaternary nitrogens is 1. The van der Waals surface area contributed by atoms with Gasteiger partial charge in [0.25, 0.3) is 0 Å². The Kier molecular flexibility index (Phi) is 6.15. The maximum absolute atomic E-state index is 5.37. The minimum Gasteiger partial charge on any atom is -0.368 e. The van der Waals surface area contributed by atoms with Crippen molar-refractivity contribution in [2.45, 2.75) is 0 Å². The van der Waals surface area contributed by atoms with Crippen LogP contribution in [0.3, 0.4) is 0 Å². The van der Waals surface area contributed by atoms with E-state index in [1.54, 1.807) is 14.1 Å². The van der Waals surface area contributed by atoms with Crippen molar-refractivity contribution >= 4 is 29.2 Å². The van der Waals surface area contributed by atoms with Crippen LogP contribution in [-0.2, 0) is 12.6 Å². The molecule has 0 aliphatic carbocycles. The van der Waals surface area contributed by atoms with Crippen LogP contribution in [0.4, 0.5) is 0 Å². The van der Waals surface area contributed by atoms with Crippen LogP contribution >= 0.6 is 12.2 Å². The first-order chi connectivity index (χ1) is 2.94. The molecule has 0 aromatic heterocycles. The molecule has 0 amide bonds. The molecule has 0 aliphatic rings. The van der Waals surface area contributed by atoms with Crippen LogP contribution in [0.5, 0.6) is 0 Å². The maximum atomic E-state index is 5.37. The molecule has 0 aromatic carbocycles. The van der Waals surface area contributed by atoms with Gasteiger partial charge in [-0.25, -0.2) is 4.59 Å². The van der Waals surface area contributed by atoms with Crippen molar-refractivity contribution in [2.24, 2.45) is 5.84 Å². The average molecular weight is 159 g/mol. The Labute approximate surface area is 82.7 Å². The molecular weight excluding hydrogens is 151 g/mol. The molecule has 0 fully saturated rings. The average Bonchev–Trinajstić information content (AvgIpc) is 1.31. The Morgan fingerprint density at radius 2 is 1.75 bits per heavy atom. The van der Waals surface area contributed by atoms with Crippen LogP contribution in [0.2, 0.25) is 0 Å². The molecule has 2 N–H and O–H groups in total. The van der Waals surface area contributed by atoms with Gasteiger partial charge in [-0.2, -0.15) is 5.84 Å². The van der Waals surface area contributed by atoms with Gasteiger partial charge >= 0.3 is 29.6 Å². The molecule has 5 heteroatoms. The van der Waals surface area contributed by atoms with Gasteiger partial charge in [0.05, 0.1) is 18.4 Å². The summed E-state index contributed by atoms with van der Waals surface area (Å²) in [6.45, 7) is 0. The molecule has 0 rings (SSSR count). The number of nitrogens with zero attached hydrogens (tertiary/aromatic N) is 1. The largest absolute Gasteiger partial charge is 1.00 e. The van der Waals surface area contributed by atoms with E-state index in [0.717, 1.165) is 0 Å². The van der Waals surface area contributed by atoms with Crippen LogP contribution in [0.1, 0.15) is 0 Å². The van der Waals surface area contributed by atoms with E-state index in [-0.39, 0.29) is 34.1 Å². The second-order valence-electron chi connectivity index (χ2n) is 1.81. The first-order valence-electron chi connectivity index (χ1n) is 1.78. The van der Waals surface area contributed by atoms with Gasteiger partial charge in [-0.1, -0.05) is 0 Å². The zero-order valence-corrected chi connectivity index (χ0v) is 8.97. The van der Waals surface area contributed by atoms with Crippen molar-refractivity contribution in [1.29, 1.82) is 0 Å². The molecule has 0 heterocycles. The molecule has 0 saturated heterocycles. The Bertz CT molecular complexity index is 87.8. The minimum absolute atomic E-state index is 0. The van der Waals surface area contributed by atoms with Gasteiger partial charge in [0.15, 0.2) is 0 Å². The molecule has 8 heavy (non-hydrogen) atoms. The molecule has 0 unspecified atom stereocenters. The zero-order valence-electron chi connectivity index (χ0n) is 5.34. The van der Waals surface area contributed by atoms with Crippen LogP contribution in [-0.4, -0.2) is 23.0 Å². The summed E-state index contributed by atoms with van der Waals surface area (Å²) in [4.78, 5) is 0. The topological polar surface area (TPSA) is 26.0 Å². The Morgan fingerprint density at radius 3 is 1.75 bits per heavy atom. The second kappa shape index (κ2) is 4.11. The van der Waals surface area contributed by atoms with Crippen molar-refractivity contribution in [3.8, 4) is 0 Å². The molecule has 0 radical (unpaired) electrons. The van der Waals surface area contributed by atoms with Crippen LogP contribution in [0.15, 0.2) is 0 Å². The van der Waals surface area contributed by atoms with E-state index in [9.17, 15) is 0 Å². The van der Waals surface area contributed by atoms with Gasteiger partial charge in [0.1, 0.15) is 0 Å². The number of thiocarbonyl (C=S) groups is 1. The number of hydrogen-bond acceptors (Lipinski definition) is 3. The normalized spacial score (nSPS) is 9.88.